The molecule has 0 spiro atoms. The van der Waals surface area contributed by atoms with E-state index < -0.39 is 5.97 Å². The molecule has 0 radical (unpaired) electrons. The van der Waals surface area contributed by atoms with E-state index in [2.05, 4.69) is 4.90 Å². The number of methoxy groups -OCH3 is 1. The predicted molar refractivity (Wildman–Crippen MR) is 73.7 cm³/mol. The summed E-state index contributed by atoms with van der Waals surface area (Å²) in [7, 11) is 1.66. The number of anilines is 1. The van der Waals surface area contributed by atoms with Crippen LogP contribution in [0.2, 0.25) is 0 Å². The molecule has 0 aliphatic carbocycles. The number of carboxylic acids is 1. The van der Waals surface area contributed by atoms with Crippen molar-refractivity contribution in [3.8, 4) is 0 Å². The van der Waals surface area contributed by atoms with Gasteiger partial charge >= 0.3 is 5.97 Å². The molecule has 0 saturated carbocycles. The SMILES string of the molecule is CO[C@H]1CN(c2cc(C)cc(C(=O)O)c2)CC[C@H]1N. The Morgan fingerprint density at radius 2 is 2.21 bits per heavy atom. The summed E-state index contributed by atoms with van der Waals surface area (Å²) in [5.74, 6) is -0.901. The largest absolute Gasteiger partial charge is 0.478 e. The molecular weight excluding hydrogens is 244 g/mol. The van der Waals surface area contributed by atoms with E-state index in [1.54, 1.807) is 19.2 Å². The lowest BCUT2D eigenvalue weighted by molar-refractivity contribution is 0.0696. The Labute approximate surface area is 113 Å². The summed E-state index contributed by atoms with van der Waals surface area (Å²) >= 11 is 0. The zero-order chi connectivity index (χ0) is 14.0. The van der Waals surface area contributed by atoms with Crippen molar-refractivity contribution < 1.29 is 14.6 Å². The van der Waals surface area contributed by atoms with Crippen LogP contribution in [0.25, 0.3) is 0 Å². The van der Waals surface area contributed by atoms with Crippen molar-refractivity contribution in [2.24, 2.45) is 5.73 Å². The second-order valence-corrected chi connectivity index (χ2v) is 5.04. The molecule has 1 fully saturated rings. The summed E-state index contributed by atoms with van der Waals surface area (Å²) in [5, 5.41) is 9.11. The highest BCUT2D eigenvalue weighted by Crippen LogP contribution is 2.23. The molecule has 1 aliphatic heterocycles. The Morgan fingerprint density at radius 3 is 2.84 bits per heavy atom. The fourth-order valence-electron chi connectivity index (χ4n) is 2.49. The molecule has 1 aliphatic rings. The van der Waals surface area contributed by atoms with Crippen molar-refractivity contribution >= 4 is 11.7 Å². The molecule has 104 valence electrons. The summed E-state index contributed by atoms with van der Waals surface area (Å²) in [6.07, 6.45) is 0.831. The number of aromatic carboxylic acids is 1. The van der Waals surface area contributed by atoms with Crippen LogP contribution in [0, 0.1) is 6.92 Å². The standard InChI is InChI=1S/C14H20N2O3/c1-9-5-10(14(17)18)7-11(6-9)16-4-3-12(15)13(8-16)19-2/h5-7,12-13H,3-4,8,15H2,1-2H3,(H,17,18)/t12-,13+/m1/s1. The highest BCUT2D eigenvalue weighted by molar-refractivity contribution is 5.89. The molecular formula is C14H20N2O3. The van der Waals surface area contributed by atoms with E-state index in [0.29, 0.717) is 12.1 Å². The summed E-state index contributed by atoms with van der Waals surface area (Å²) in [6, 6.07) is 5.43. The fraction of sp³-hybridized carbons (Fsp3) is 0.500. The molecule has 0 amide bonds. The van der Waals surface area contributed by atoms with Gasteiger partial charge in [0.05, 0.1) is 11.7 Å². The summed E-state index contributed by atoms with van der Waals surface area (Å²) < 4.78 is 5.38. The number of benzene rings is 1. The van der Waals surface area contributed by atoms with Crippen LogP contribution in [0.15, 0.2) is 18.2 Å². The minimum Gasteiger partial charge on any atom is -0.478 e. The van der Waals surface area contributed by atoms with Crippen LogP contribution in [0.1, 0.15) is 22.3 Å². The second-order valence-electron chi connectivity index (χ2n) is 5.04. The lowest BCUT2D eigenvalue weighted by Gasteiger charge is -2.37. The van der Waals surface area contributed by atoms with Gasteiger partial charge in [0.15, 0.2) is 0 Å². The molecule has 5 heteroatoms. The first kappa shape index (κ1) is 13.8. The third-order valence-corrected chi connectivity index (χ3v) is 3.59. The number of carboxylic acid groups (broad SMARTS) is 1. The highest BCUT2D eigenvalue weighted by atomic mass is 16.5. The van der Waals surface area contributed by atoms with E-state index in [-0.39, 0.29) is 12.1 Å². The monoisotopic (exact) mass is 264 g/mol. The van der Waals surface area contributed by atoms with Gasteiger partial charge in [0.1, 0.15) is 0 Å². The molecule has 2 atom stereocenters. The molecule has 5 nitrogen and oxygen atoms in total. The summed E-state index contributed by atoms with van der Waals surface area (Å²) in [6.45, 7) is 3.42. The number of nitrogens with two attached hydrogens (primary N) is 1. The first-order valence-electron chi connectivity index (χ1n) is 6.39. The molecule has 1 saturated heterocycles. The predicted octanol–water partition coefficient (Wildman–Crippen LogP) is 1.25. The van der Waals surface area contributed by atoms with Gasteiger partial charge in [0.25, 0.3) is 0 Å². The van der Waals surface area contributed by atoms with Crippen LogP contribution in [-0.4, -0.2) is 43.4 Å². The smallest absolute Gasteiger partial charge is 0.335 e. The molecule has 0 aromatic heterocycles. The number of carbonyl (C=O) groups is 1. The highest BCUT2D eigenvalue weighted by Gasteiger charge is 2.27. The zero-order valence-electron chi connectivity index (χ0n) is 11.3. The zero-order valence-corrected chi connectivity index (χ0v) is 11.3. The van der Waals surface area contributed by atoms with Crippen LogP contribution in [0.3, 0.4) is 0 Å². The second kappa shape index (κ2) is 5.59. The average molecular weight is 264 g/mol. The lowest BCUT2D eigenvalue weighted by Crippen LogP contribution is -2.51. The molecule has 3 N–H and O–H groups in total. The molecule has 1 aromatic carbocycles. The van der Waals surface area contributed by atoms with E-state index >= 15 is 0 Å². The van der Waals surface area contributed by atoms with E-state index in [1.807, 2.05) is 13.0 Å². The van der Waals surface area contributed by atoms with E-state index in [0.717, 1.165) is 24.2 Å². The van der Waals surface area contributed by atoms with Gasteiger partial charge in [-0.1, -0.05) is 0 Å². The first-order chi connectivity index (χ1) is 9.01. The van der Waals surface area contributed by atoms with Gasteiger partial charge in [-0.2, -0.15) is 0 Å². The Morgan fingerprint density at radius 1 is 1.47 bits per heavy atom. The maximum atomic E-state index is 11.1. The van der Waals surface area contributed by atoms with Gasteiger partial charge in [0.2, 0.25) is 0 Å². The number of rotatable bonds is 3. The minimum atomic E-state index is -0.901. The fourth-order valence-corrected chi connectivity index (χ4v) is 2.49. The van der Waals surface area contributed by atoms with Crippen molar-refractivity contribution in [1.82, 2.24) is 0 Å². The topological polar surface area (TPSA) is 75.8 Å². The van der Waals surface area contributed by atoms with Crippen molar-refractivity contribution in [2.75, 3.05) is 25.1 Å². The van der Waals surface area contributed by atoms with E-state index in [4.69, 9.17) is 15.6 Å². The minimum absolute atomic E-state index is 0.0115. The third-order valence-electron chi connectivity index (χ3n) is 3.59. The summed E-state index contributed by atoms with van der Waals surface area (Å²) in [5.41, 5.74) is 8.18. The van der Waals surface area contributed by atoms with Crippen LogP contribution >= 0.6 is 0 Å². The van der Waals surface area contributed by atoms with Gasteiger partial charge in [-0.05, 0) is 37.1 Å². The van der Waals surface area contributed by atoms with Crippen LogP contribution in [-0.2, 0) is 4.74 Å². The quantitative estimate of drug-likeness (QED) is 0.859. The van der Waals surface area contributed by atoms with Gasteiger partial charge in [0, 0.05) is 31.9 Å². The Kier molecular flexibility index (Phi) is 4.07. The molecule has 19 heavy (non-hydrogen) atoms. The van der Waals surface area contributed by atoms with Gasteiger partial charge in [-0.15, -0.1) is 0 Å². The van der Waals surface area contributed by atoms with Crippen molar-refractivity contribution in [2.45, 2.75) is 25.5 Å². The molecule has 1 heterocycles. The Balaban J connectivity index is 2.24. The first-order valence-corrected chi connectivity index (χ1v) is 6.39. The molecule has 0 unspecified atom stereocenters. The number of ether oxygens (including phenoxy) is 1. The van der Waals surface area contributed by atoms with E-state index in [1.165, 1.54) is 0 Å². The van der Waals surface area contributed by atoms with Crippen molar-refractivity contribution in [1.29, 1.82) is 0 Å². The summed E-state index contributed by atoms with van der Waals surface area (Å²) in [4.78, 5) is 13.2. The van der Waals surface area contributed by atoms with Crippen LogP contribution < -0.4 is 10.6 Å². The Hall–Kier alpha value is -1.59. The number of hydrogen-bond donors (Lipinski definition) is 2. The van der Waals surface area contributed by atoms with E-state index in [9.17, 15) is 4.79 Å². The maximum absolute atomic E-state index is 11.1. The third kappa shape index (κ3) is 3.05. The van der Waals surface area contributed by atoms with Gasteiger partial charge in [-0.3, -0.25) is 0 Å². The molecule has 1 aromatic rings. The molecule has 0 bridgehead atoms. The maximum Gasteiger partial charge on any atom is 0.335 e. The van der Waals surface area contributed by atoms with Crippen LogP contribution in [0.4, 0.5) is 5.69 Å². The molecule has 2 rings (SSSR count). The number of hydrogen-bond acceptors (Lipinski definition) is 4. The van der Waals surface area contributed by atoms with Crippen molar-refractivity contribution in [3.05, 3.63) is 29.3 Å². The van der Waals surface area contributed by atoms with Crippen LogP contribution in [0.5, 0.6) is 0 Å². The number of nitrogens with zero attached hydrogens (tertiary/aromatic N) is 1. The number of aryl methyl sites for hydroxylation is 1. The van der Waals surface area contributed by atoms with Gasteiger partial charge < -0.3 is 20.5 Å². The Bertz CT molecular complexity index is 476. The average Bonchev–Trinajstić information content (AvgIpc) is 2.38. The number of piperidine rings is 1. The van der Waals surface area contributed by atoms with Gasteiger partial charge in [-0.25, -0.2) is 4.79 Å². The van der Waals surface area contributed by atoms with Crippen molar-refractivity contribution in [3.63, 3.8) is 0 Å². The lowest BCUT2D eigenvalue weighted by atomic mass is 10.0. The normalized spacial score (nSPS) is 23.4.